The van der Waals surface area contributed by atoms with Crippen molar-refractivity contribution in [2.24, 2.45) is 0 Å². The average molecular weight is 531 g/mol. The first-order valence-corrected chi connectivity index (χ1v) is 13.6. The Morgan fingerprint density at radius 3 is 2.76 bits per heavy atom. The van der Waals surface area contributed by atoms with Crippen LogP contribution >= 0.6 is 7.82 Å². The van der Waals surface area contributed by atoms with Crippen molar-refractivity contribution < 1.29 is 36.9 Å². The minimum Gasteiger partial charge on any atom is -0.483 e. The van der Waals surface area contributed by atoms with Gasteiger partial charge in [0.05, 0.1) is 12.9 Å². The Morgan fingerprint density at radius 2 is 2.08 bits per heavy atom. The van der Waals surface area contributed by atoms with Crippen molar-refractivity contribution in [3.63, 3.8) is 0 Å². The summed E-state index contributed by atoms with van der Waals surface area (Å²) < 4.78 is 39.6. The van der Waals surface area contributed by atoms with Gasteiger partial charge in [-0.15, -0.1) is 0 Å². The molecule has 4 rings (SSSR count). The number of hydrogen-bond donors (Lipinski definition) is 1. The van der Waals surface area contributed by atoms with E-state index >= 15 is 0 Å². The standard InChI is InChI=1S/C26H31N2O8P/c1-5-34-37(30,31)36-24-13-19-10-11-28(25(29)9-8-21-7-6-12-32-21)15-20(19)14-23(24)33-16-22-18(4)35-26(27-22)17(2)3/h6-9,12-14,17H,5,10-11,15-16H2,1-4H3,(H,30,31)/b9-8+. The highest BCUT2D eigenvalue weighted by molar-refractivity contribution is 7.47. The van der Waals surface area contributed by atoms with Crippen LogP contribution in [0.15, 0.2) is 45.4 Å². The fourth-order valence-corrected chi connectivity index (χ4v) is 4.64. The zero-order valence-corrected chi connectivity index (χ0v) is 22.2. The van der Waals surface area contributed by atoms with Gasteiger partial charge in [-0.25, -0.2) is 9.55 Å². The van der Waals surface area contributed by atoms with Crippen molar-refractivity contribution in [1.82, 2.24) is 9.88 Å². The van der Waals surface area contributed by atoms with E-state index in [0.717, 1.165) is 11.1 Å². The SMILES string of the molecule is CCOP(=O)(O)Oc1cc2c(cc1OCc1nc(C(C)C)oc1C)CN(C(=O)/C=C/c1ccco1)CC2. The Bertz CT molecular complexity index is 1310. The molecule has 0 radical (unpaired) electrons. The summed E-state index contributed by atoms with van der Waals surface area (Å²) in [5.41, 5.74) is 2.35. The first-order valence-electron chi connectivity index (χ1n) is 12.1. The van der Waals surface area contributed by atoms with E-state index in [2.05, 4.69) is 4.98 Å². The summed E-state index contributed by atoms with van der Waals surface area (Å²) in [7, 11) is -4.35. The van der Waals surface area contributed by atoms with E-state index in [-0.39, 0.29) is 36.5 Å². The third kappa shape index (κ3) is 6.71. The molecule has 1 amide bonds. The predicted molar refractivity (Wildman–Crippen MR) is 135 cm³/mol. The van der Waals surface area contributed by atoms with Crippen molar-refractivity contribution in [3.8, 4) is 11.5 Å². The van der Waals surface area contributed by atoms with Gasteiger partial charge >= 0.3 is 7.82 Å². The summed E-state index contributed by atoms with van der Waals surface area (Å²) in [5.74, 6) is 2.11. The monoisotopic (exact) mass is 530 g/mol. The van der Waals surface area contributed by atoms with Gasteiger partial charge in [-0.2, -0.15) is 0 Å². The van der Waals surface area contributed by atoms with Gasteiger partial charge in [-0.05, 0) is 61.7 Å². The van der Waals surface area contributed by atoms with Crippen LogP contribution in [0.3, 0.4) is 0 Å². The van der Waals surface area contributed by atoms with Gasteiger partial charge in [-0.3, -0.25) is 14.2 Å². The van der Waals surface area contributed by atoms with Crippen LogP contribution < -0.4 is 9.26 Å². The fourth-order valence-electron chi connectivity index (χ4n) is 3.87. The number of fused-ring (bicyclic) bond motifs is 1. The Balaban J connectivity index is 1.57. The second-order valence-corrected chi connectivity index (χ2v) is 10.3. The minimum atomic E-state index is -4.35. The molecule has 3 aromatic rings. The van der Waals surface area contributed by atoms with Gasteiger partial charge in [0.1, 0.15) is 23.8 Å². The van der Waals surface area contributed by atoms with E-state index in [1.165, 1.54) is 6.08 Å². The van der Waals surface area contributed by atoms with Gasteiger partial charge < -0.3 is 23.0 Å². The van der Waals surface area contributed by atoms with E-state index in [1.54, 1.807) is 55.4 Å². The maximum absolute atomic E-state index is 12.8. The molecule has 1 unspecified atom stereocenters. The van der Waals surface area contributed by atoms with Crippen molar-refractivity contribution in [3.05, 3.63) is 70.8 Å². The van der Waals surface area contributed by atoms with Gasteiger partial charge in [0.15, 0.2) is 17.4 Å². The highest BCUT2D eigenvalue weighted by Crippen LogP contribution is 2.48. The zero-order chi connectivity index (χ0) is 26.6. The Hall–Kier alpha value is -3.33. The highest BCUT2D eigenvalue weighted by atomic mass is 31.2. The maximum Gasteiger partial charge on any atom is 0.527 e. The molecule has 0 fully saturated rings. The second-order valence-electron chi connectivity index (χ2n) is 8.90. The number of nitrogens with zero attached hydrogens (tertiary/aromatic N) is 2. The summed E-state index contributed by atoms with van der Waals surface area (Å²) in [6.07, 6.45) is 5.18. The molecule has 10 nitrogen and oxygen atoms in total. The summed E-state index contributed by atoms with van der Waals surface area (Å²) >= 11 is 0. The Kier molecular flexibility index (Phi) is 8.22. The Labute approximate surface area is 215 Å². The molecule has 0 aliphatic carbocycles. The van der Waals surface area contributed by atoms with Crippen LogP contribution in [-0.2, 0) is 33.5 Å². The number of phosphoric ester groups is 1. The highest BCUT2D eigenvalue weighted by Gasteiger charge is 2.28. The number of hydrogen-bond acceptors (Lipinski definition) is 8. The fraction of sp³-hybridized carbons (Fsp3) is 0.385. The molecule has 3 heterocycles. The summed E-state index contributed by atoms with van der Waals surface area (Å²) in [6, 6.07) is 6.92. The third-order valence-electron chi connectivity index (χ3n) is 5.80. The molecule has 2 aromatic heterocycles. The maximum atomic E-state index is 12.8. The Morgan fingerprint density at radius 1 is 1.30 bits per heavy atom. The smallest absolute Gasteiger partial charge is 0.483 e. The second kappa shape index (κ2) is 11.4. The number of furan rings is 1. The summed E-state index contributed by atoms with van der Waals surface area (Å²) in [6.45, 7) is 8.26. The lowest BCUT2D eigenvalue weighted by Crippen LogP contribution is -2.34. The molecule has 1 atom stereocenters. The topological polar surface area (TPSA) is 124 Å². The number of oxazole rings is 1. The number of amides is 1. The summed E-state index contributed by atoms with van der Waals surface area (Å²) in [5, 5.41) is 0. The van der Waals surface area contributed by atoms with Crippen molar-refractivity contribution in [1.29, 1.82) is 0 Å². The average Bonchev–Trinajstić information content (AvgIpc) is 3.50. The molecule has 0 bridgehead atoms. The van der Waals surface area contributed by atoms with Crippen molar-refractivity contribution in [2.75, 3.05) is 13.2 Å². The molecular formula is C26H31N2O8P. The number of aromatic nitrogens is 1. The molecular weight excluding hydrogens is 499 g/mol. The lowest BCUT2D eigenvalue weighted by molar-refractivity contribution is -0.126. The molecule has 0 saturated heterocycles. The van der Waals surface area contributed by atoms with E-state index in [1.807, 2.05) is 13.8 Å². The molecule has 37 heavy (non-hydrogen) atoms. The van der Waals surface area contributed by atoms with E-state index < -0.39 is 7.82 Å². The number of carbonyl (C=O) groups is 1. The largest absolute Gasteiger partial charge is 0.527 e. The van der Waals surface area contributed by atoms with E-state index in [4.69, 9.17) is 22.6 Å². The van der Waals surface area contributed by atoms with Crippen molar-refractivity contribution in [2.45, 2.75) is 53.2 Å². The third-order valence-corrected chi connectivity index (χ3v) is 6.81. The predicted octanol–water partition coefficient (Wildman–Crippen LogP) is 5.39. The lowest BCUT2D eigenvalue weighted by Gasteiger charge is -2.29. The molecule has 1 N–H and O–H groups in total. The molecule has 1 aliphatic rings. The first kappa shape index (κ1) is 26.7. The number of carbonyl (C=O) groups excluding carboxylic acids is 1. The van der Waals surface area contributed by atoms with E-state index in [0.29, 0.717) is 42.6 Å². The van der Waals surface area contributed by atoms with Crippen LogP contribution in [0.25, 0.3) is 6.08 Å². The van der Waals surface area contributed by atoms with Crippen LogP contribution in [-0.4, -0.2) is 33.8 Å². The van der Waals surface area contributed by atoms with Crippen LogP contribution in [0, 0.1) is 6.92 Å². The number of aryl methyl sites for hydroxylation is 1. The number of phosphoric acid groups is 1. The number of rotatable bonds is 10. The quantitative estimate of drug-likeness (QED) is 0.271. The van der Waals surface area contributed by atoms with Gasteiger partial charge in [-0.1, -0.05) is 13.8 Å². The molecule has 11 heteroatoms. The first-order chi connectivity index (χ1) is 17.6. The van der Waals surface area contributed by atoms with Gasteiger partial charge in [0.25, 0.3) is 0 Å². The van der Waals surface area contributed by atoms with E-state index in [9.17, 15) is 14.3 Å². The van der Waals surface area contributed by atoms with Crippen LogP contribution in [0.5, 0.6) is 11.5 Å². The molecule has 0 saturated carbocycles. The van der Waals surface area contributed by atoms with Crippen LogP contribution in [0.2, 0.25) is 0 Å². The lowest BCUT2D eigenvalue weighted by atomic mass is 9.98. The van der Waals surface area contributed by atoms with Crippen LogP contribution in [0.4, 0.5) is 0 Å². The molecule has 1 aliphatic heterocycles. The number of ether oxygens (including phenoxy) is 1. The number of benzene rings is 1. The zero-order valence-electron chi connectivity index (χ0n) is 21.3. The normalized spacial score (nSPS) is 15.1. The van der Waals surface area contributed by atoms with Crippen molar-refractivity contribution >= 4 is 19.8 Å². The van der Waals surface area contributed by atoms with Gasteiger partial charge in [0, 0.05) is 25.1 Å². The minimum absolute atomic E-state index is 0.00756. The molecule has 198 valence electrons. The van der Waals surface area contributed by atoms with Gasteiger partial charge in [0.2, 0.25) is 5.91 Å². The molecule has 1 aromatic carbocycles. The summed E-state index contributed by atoms with van der Waals surface area (Å²) in [4.78, 5) is 29.1. The molecule has 0 spiro atoms. The van der Waals surface area contributed by atoms with Crippen LogP contribution in [0.1, 0.15) is 60.9 Å².